The van der Waals surface area contributed by atoms with E-state index in [0.29, 0.717) is 11.8 Å². The lowest BCUT2D eigenvalue weighted by molar-refractivity contribution is -0.0327. The van der Waals surface area contributed by atoms with Gasteiger partial charge < -0.3 is 5.73 Å². The Kier molecular flexibility index (Phi) is 5.44. The number of aliphatic imine (C=N–C) groups is 1. The molecule has 0 aromatic heterocycles. The molecule has 6 heteroatoms. The van der Waals surface area contributed by atoms with Crippen LogP contribution in [0, 0.1) is 5.92 Å². The molecule has 2 N–H and O–H groups in total. The number of amidine groups is 1. The quantitative estimate of drug-likeness (QED) is 0.475. The number of rotatable bonds is 4. The first kappa shape index (κ1) is 13.7. The van der Waals surface area contributed by atoms with Gasteiger partial charge in [0, 0.05) is 11.7 Å². The third kappa shape index (κ3) is 5.63. The van der Waals surface area contributed by atoms with Crippen molar-refractivity contribution in [1.29, 1.82) is 0 Å². The zero-order valence-corrected chi connectivity index (χ0v) is 9.91. The molecular weight excluding hydrogens is 237 g/mol. The fraction of sp³-hybridized carbons (Fsp3) is 0.900. The van der Waals surface area contributed by atoms with Crippen molar-refractivity contribution >= 4 is 17.6 Å². The van der Waals surface area contributed by atoms with Gasteiger partial charge in [-0.05, 0) is 24.6 Å². The number of hydrogen-bond acceptors (Lipinski definition) is 2. The fourth-order valence-corrected chi connectivity index (χ4v) is 2.28. The third-order valence-electron chi connectivity index (χ3n) is 2.67. The molecule has 1 aliphatic rings. The van der Waals surface area contributed by atoms with Crippen LogP contribution in [-0.4, -0.2) is 23.6 Å². The van der Waals surface area contributed by atoms with Crippen LogP contribution in [0.15, 0.2) is 4.99 Å². The zero-order valence-electron chi connectivity index (χ0n) is 9.09. The number of nitrogens with two attached hydrogens (primary N) is 1. The van der Waals surface area contributed by atoms with Crippen molar-refractivity contribution in [1.82, 2.24) is 0 Å². The van der Waals surface area contributed by atoms with Gasteiger partial charge in [-0.1, -0.05) is 19.3 Å². The summed E-state index contributed by atoms with van der Waals surface area (Å²) in [6, 6.07) is 0. The van der Waals surface area contributed by atoms with E-state index < -0.39 is 5.51 Å². The highest BCUT2D eigenvalue weighted by Crippen LogP contribution is 2.29. The van der Waals surface area contributed by atoms with Crippen LogP contribution in [-0.2, 0) is 0 Å². The second-order valence-electron chi connectivity index (χ2n) is 3.94. The van der Waals surface area contributed by atoms with Crippen LogP contribution in [0.3, 0.4) is 0 Å². The lowest BCUT2D eigenvalue weighted by Gasteiger charge is -2.20. The van der Waals surface area contributed by atoms with E-state index in [1.807, 2.05) is 0 Å². The van der Waals surface area contributed by atoms with Crippen molar-refractivity contribution in [2.75, 3.05) is 12.3 Å². The molecule has 1 saturated carbocycles. The Hall–Kier alpha value is -0.390. The highest BCUT2D eigenvalue weighted by Gasteiger charge is 2.27. The van der Waals surface area contributed by atoms with Gasteiger partial charge in [0.1, 0.15) is 0 Å². The van der Waals surface area contributed by atoms with E-state index in [1.165, 1.54) is 6.42 Å². The fourth-order valence-electron chi connectivity index (χ4n) is 1.86. The highest BCUT2D eigenvalue weighted by atomic mass is 32.2. The minimum atomic E-state index is -4.16. The van der Waals surface area contributed by atoms with Crippen LogP contribution in [0.2, 0.25) is 0 Å². The molecule has 94 valence electrons. The Morgan fingerprint density at radius 3 is 2.44 bits per heavy atom. The summed E-state index contributed by atoms with van der Waals surface area (Å²) in [5.41, 5.74) is 1.60. The maximum Gasteiger partial charge on any atom is 0.441 e. The summed E-state index contributed by atoms with van der Waals surface area (Å²) in [6.07, 6.45) is 5.59. The lowest BCUT2D eigenvalue weighted by Crippen LogP contribution is -2.26. The van der Waals surface area contributed by atoms with Gasteiger partial charge in [-0.2, -0.15) is 13.2 Å². The zero-order chi connectivity index (χ0) is 12.0. The van der Waals surface area contributed by atoms with E-state index in [1.54, 1.807) is 0 Å². The molecule has 0 aromatic rings. The van der Waals surface area contributed by atoms with Crippen molar-refractivity contribution in [2.24, 2.45) is 16.6 Å². The second kappa shape index (κ2) is 6.37. The second-order valence-corrected chi connectivity index (χ2v) is 5.10. The van der Waals surface area contributed by atoms with Crippen LogP contribution in [0.25, 0.3) is 0 Å². The first-order valence-corrected chi connectivity index (χ1v) is 6.48. The van der Waals surface area contributed by atoms with E-state index in [2.05, 4.69) is 4.99 Å². The first-order valence-electron chi connectivity index (χ1n) is 5.49. The Bertz CT molecular complexity index is 235. The standard InChI is InChI=1S/C10H17F3N2S/c11-10(12,13)16-7-6-15-9(14)8-4-2-1-3-5-8/h8H,1-7H2,(H2,14,15). The van der Waals surface area contributed by atoms with Crippen molar-refractivity contribution in [3.05, 3.63) is 0 Å². The highest BCUT2D eigenvalue weighted by molar-refractivity contribution is 8.00. The van der Waals surface area contributed by atoms with Crippen LogP contribution >= 0.6 is 11.8 Å². The molecule has 0 amide bonds. The number of nitrogens with zero attached hydrogens (tertiary/aromatic N) is 1. The number of alkyl halides is 3. The van der Waals surface area contributed by atoms with Crippen molar-refractivity contribution in [2.45, 2.75) is 37.6 Å². The summed E-state index contributed by atoms with van der Waals surface area (Å²) in [4.78, 5) is 4.02. The van der Waals surface area contributed by atoms with Gasteiger partial charge in [-0.25, -0.2) is 0 Å². The Labute approximate surface area is 97.9 Å². The molecule has 0 saturated heterocycles. The topological polar surface area (TPSA) is 38.4 Å². The third-order valence-corrected chi connectivity index (χ3v) is 3.39. The molecule has 16 heavy (non-hydrogen) atoms. The van der Waals surface area contributed by atoms with Crippen LogP contribution in [0.1, 0.15) is 32.1 Å². The minimum Gasteiger partial charge on any atom is -0.387 e. The van der Waals surface area contributed by atoms with E-state index >= 15 is 0 Å². The van der Waals surface area contributed by atoms with Crippen LogP contribution < -0.4 is 5.73 Å². The minimum absolute atomic E-state index is 0.0404. The molecule has 0 unspecified atom stereocenters. The molecule has 0 spiro atoms. The molecule has 0 bridgehead atoms. The average Bonchev–Trinajstić information content (AvgIpc) is 2.24. The molecule has 1 fully saturated rings. The molecule has 0 aliphatic heterocycles. The summed E-state index contributed by atoms with van der Waals surface area (Å²) in [7, 11) is 0. The Balaban J connectivity index is 2.22. The molecule has 0 heterocycles. The molecular formula is C10H17F3N2S. The first-order chi connectivity index (χ1) is 7.49. The van der Waals surface area contributed by atoms with Gasteiger partial charge in [-0.15, -0.1) is 0 Å². The molecule has 2 nitrogen and oxygen atoms in total. The Morgan fingerprint density at radius 2 is 1.88 bits per heavy atom. The summed E-state index contributed by atoms with van der Waals surface area (Å²) in [5.74, 6) is 0.795. The van der Waals surface area contributed by atoms with Gasteiger partial charge in [0.15, 0.2) is 0 Å². The predicted molar refractivity (Wildman–Crippen MR) is 61.6 cm³/mol. The SMILES string of the molecule is NC(=NCCSC(F)(F)F)C1CCCCC1. The number of thioether (sulfide) groups is 1. The van der Waals surface area contributed by atoms with Gasteiger partial charge >= 0.3 is 5.51 Å². The summed E-state index contributed by atoms with van der Waals surface area (Å²) < 4.78 is 35.5. The molecule has 1 rings (SSSR count). The summed E-state index contributed by atoms with van der Waals surface area (Å²) in [5, 5.41) is 0. The van der Waals surface area contributed by atoms with E-state index in [-0.39, 0.29) is 24.1 Å². The van der Waals surface area contributed by atoms with Gasteiger partial charge in [0.25, 0.3) is 0 Å². The normalized spacial score (nSPS) is 20.1. The average molecular weight is 254 g/mol. The number of halogens is 3. The molecule has 0 radical (unpaired) electrons. The Morgan fingerprint density at radius 1 is 1.25 bits per heavy atom. The largest absolute Gasteiger partial charge is 0.441 e. The van der Waals surface area contributed by atoms with Gasteiger partial charge in [-0.3, -0.25) is 4.99 Å². The van der Waals surface area contributed by atoms with Crippen molar-refractivity contribution < 1.29 is 13.2 Å². The monoisotopic (exact) mass is 254 g/mol. The van der Waals surface area contributed by atoms with Crippen molar-refractivity contribution in [3.63, 3.8) is 0 Å². The summed E-state index contributed by atoms with van der Waals surface area (Å²) >= 11 is -0.0404. The van der Waals surface area contributed by atoms with Gasteiger partial charge in [0.05, 0.1) is 12.4 Å². The lowest BCUT2D eigenvalue weighted by atomic mass is 9.88. The van der Waals surface area contributed by atoms with E-state index in [9.17, 15) is 13.2 Å². The molecule has 0 atom stereocenters. The molecule has 1 aliphatic carbocycles. The van der Waals surface area contributed by atoms with Gasteiger partial charge in [0.2, 0.25) is 0 Å². The maximum absolute atomic E-state index is 11.8. The van der Waals surface area contributed by atoms with E-state index in [0.717, 1.165) is 25.7 Å². The maximum atomic E-state index is 11.8. The van der Waals surface area contributed by atoms with Crippen molar-refractivity contribution in [3.8, 4) is 0 Å². The number of hydrogen-bond donors (Lipinski definition) is 1. The van der Waals surface area contributed by atoms with Crippen LogP contribution in [0.5, 0.6) is 0 Å². The smallest absolute Gasteiger partial charge is 0.387 e. The van der Waals surface area contributed by atoms with Crippen LogP contribution in [0.4, 0.5) is 13.2 Å². The van der Waals surface area contributed by atoms with E-state index in [4.69, 9.17) is 5.73 Å². The summed E-state index contributed by atoms with van der Waals surface area (Å²) in [6.45, 7) is 0.159. The predicted octanol–water partition coefficient (Wildman–Crippen LogP) is 3.18. The molecule has 0 aromatic carbocycles.